The van der Waals surface area contributed by atoms with Crippen LogP contribution in [0.5, 0.6) is 0 Å². The summed E-state index contributed by atoms with van der Waals surface area (Å²) in [7, 11) is -3.65. The van der Waals surface area contributed by atoms with E-state index in [2.05, 4.69) is 0 Å². The van der Waals surface area contributed by atoms with E-state index in [0.717, 1.165) is 0 Å². The SMILES string of the molecule is O=C(COC(=O)c1cc(Cl)ccc1Cl)c1ccc(S(=O)(=O)N2CCOCC2)cc1. The lowest BCUT2D eigenvalue weighted by Gasteiger charge is -2.26. The number of nitrogens with zero attached hydrogens (tertiary/aromatic N) is 1. The zero-order chi connectivity index (χ0) is 21.0. The quantitative estimate of drug-likeness (QED) is 0.488. The fourth-order valence-corrected chi connectivity index (χ4v) is 4.47. The van der Waals surface area contributed by atoms with Crippen molar-refractivity contribution in [1.29, 1.82) is 0 Å². The Hall–Kier alpha value is -1.97. The van der Waals surface area contributed by atoms with Gasteiger partial charge in [0.05, 0.1) is 28.7 Å². The van der Waals surface area contributed by atoms with Gasteiger partial charge < -0.3 is 9.47 Å². The van der Waals surface area contributed by atoms with Crippen LogP contribution in [0.15, 0.2) is 47.4 Å². The molecule has 1 fully saturated rings. The Morgan fingerprint density at radius 1 is 1.03 bits per heavy atom. The highest BCUT2D eigenvalue weighted by molar-refractivity contribution is 7.89. The van der Waals surface area contributed by atoms with Gasteiger partial charge in [-0.15, -0.1) is 0 Å². The Morgan fingerprint density at radius 2 is 1.69 bits per heavy atom. The molecule has 10 heteroatoms. The van der Waals surface area contributed by atoms with Gasteiger partial charge in [0.2, 0.25) is 10.0 Å². The summed E-state index contributed by atoms with van der Waals surface area (Å²) >= 11 is 11.8. The van der Waals surface area contributed by atoms with Gasteiger partial charge >= 0.3 is 5.97 Å². The maximum Gasteiger partial charge on any atom is 0.340 e. The molecule has 1 aliphatic heterocycles. The molecule has 0 unspecified atom stereocenters. The smallest absolute Gasteiger partial charge is 0.340 e. The highest BCUT2D eigenvalue weighted by Gasteiger charge is 2.26. The third-order valence-electron chi connectivity index (χ3n) is 4.27. The van der Waals surface area contributed by atoms with Gasteiger partial charge in [-0.3, -0.25) is 4.79 Å². The topological polar surface area (TPSA) is 90.0 Å². The molecule has 3 rings (SSSR count). The molecule has 29 heavy (non-hydrogen) atoms. The summed E-state index contributed by atoms with van der Waals surface area (Å²) in [6, 6.07) is 9.81. The summed E-state index contributed by atoms with van der Waals surface area (Å²) in [4.78, 5) is 24.5. The van der Waals surface area contributed by atoms with Gasteiger partial charge in [0.15, 0.2) is 12.4 Å². The molecular weight excluding hydrogens is 441 g/mol. The monoisotopic (exact) mass is 457 g/mol. The number of carbonyl (C=O) groups is 2. The van der Waals surface area contributed by atoms with Crippen LogP contribution in [-0.4, -0.2) is 57.4 Å². The van der Waals surface area contributed by atoms with E-state index >= 15 is 0 Å². The van der Waals surface area contributed by atoms with Crippen molar-refractivity contribution in [2.45, 2.75) is 4.90 Å². The van der Waals surface area contributed by atoms with Crippen LogP contribution >= 0.6 is 23.2 Å². The number of esters is 1. The zero-order valence-corrected chi connectivity index (χ0v) is 17.5. The maximum atomic E-state index is 12.6. The molecule has 0 radical (unpaired) electrons. The number of sulfonamides is 1. The van der Waals surface area contributed by atoms with Gasteiger partial charge in [-0.2, -0.15) is 4.31 Å². The number of carbonyl (C=O) groups excluding carboxylic acids is 2. The Morgan fingerprint density at radius 3 is 2.34 bits per heavy atom. The maximum absolute atomic E-state index is 12.6. The summed E-state index contributed by atoms with van der Waals surface area (Å²) in [5.41, 5.74) is 0.273. The van der Waals surface area contributed by atoms with Crippen LogP contribution in [0, 0.1) is 0 Å². The lowest BCUT2D eigenvalue weighted by Crippen LogP contribution is -2.40. The summed E-state index contributed by atoms with van der Waals surface area (Å²) in [5, 5.41) is 0.467. The molecule has 7 nitrogen and oxygen atoms in total. The van der Waals surface area contributed by atoms with E-state index in [0.29, 0.717) is 18.2 Å². The van der Waals surface area contributed by atoms with Crippen LogP contribution in [0.1, 0.15) is 20.7 Å². The molecule has 0 aromatic heterocycles. The van der Waals surface area contributed by atoms with Crippen molar-refractivity contribution in [3.8, 4) is 0 Å². The largest absolute Gasteiger partial charge is 0.454 e. The second kappa shape index (κ2) is 9.23. The first kappa shape index (κ1) is 21.7. The Balaban J connectivity index is 1.64. The molecule has 2 aromatic carbocycles. The average Bonchev–Trinajstić information content (AvgIpc) is 2.74. The van der Waals surface area contributed by atoms with Crippen molar-refractivity contribution in [2.75, 3.05) is 32.9 Å². The molecule has 0 bridgehead atoms. The molecule has 2 aromatic rings. The third kappa shape index (κ3) is 5.15. The second-order valence-electron chi connectivity index (χ2n) is 6.16. The normalized spacial score (nSPS) is 15.1. The van der Waals surface area contributed by atoms with Crippen LogP contribution in [-0.2, 0) is 19.5 Å². The van der Waals surface area contributed by atoms with Crippen LogP contribution < -0.4 is 0 Å². The van der Waals surface area contributed by atoms with Crippen molar-refractivity contribution in [1.82, 2.24) is 4.31 Å². The van der Waals surface area contributed by atoms with Crippen molar-refractivity contribution < 1.29 is 27.5 Å². The lowest BCUT2D eigenvalue weighted by molar-refractivity contribution is 0.0475. The lowest BCUT2D eigenvalue weighted by atomic mass is 10.1. The standard InChI is InChI=1S/C19H17Cl2NO6S/c20-14-3-6-17(21)16(11-14)19(24)28-12-18(23)13-1-4-15(5-2-13)29(25,26)22-7-9-27-10-8-22/h1-6,11H,7-10,12H2. The number of rotatable bonds is 6. The third-order valence-corrected chi connectivity index (χ3v) is 6.74. The van der Waals surface area contributed by atoms with E-state index in [9.17, 15) is 18.0 Å². The molecule has 0 amide bonds. The van der Waals surface area contributed by atoms with Crippen LogP contribution in [0.4, 0.5) is 0 Å². The minimum absolute atomic E-state index is 0.0546. The number of benzene rings is 2. The van der Waals surface area contributed by atoms with Crippen molar-refractivity contribution in [3.05, 3.63) is 63.6 Å². The van der Waals surface area contributed by atoms with Crippen LogP contribution in [0.3, 0.4) is 0 Å². The fourth-order valence-electron chi connectivity index (χ4n) is 2.69. The summed E-state index contributed by atoms with van der Waals surface area (Å²) in [6.07, 6.45) is 0. The second-order valence-corrected chi connectivity index (χ2v) is 8.95. The molecule has 0 atom stereocenters. The van der Waals surface area contributed by atoms with Crippen LogP contribution in [0.25, 0.3) is 0 Å². The van der Waals surface area contributed by atoms with Crippen molar-refractivity contribution in [2.24, 2.45) is 0 Å². The van der Waals surface area contributed by atoms with Gasteiger partial charge in [0.25, 0.3) is 0 Å². The van der Waals surface area contributed by atoms with Crippen molar-refractivity contribution in [3.63, 3.8) is 0 Å². The first-order valence-electron chi connectivity index (χ1n) is 8.62. The summed E-state index contributed by atoms with van der Waals surface area (Å²) in [5.74, 6) is -1.26. The molecule has 1 saturated heterocycles. The molecule has 1 aliphatic rings. The van der Waals surface area contributed by atoms with E-state index in [-0.39, 0.29) is 34.1 Å². The number of ether oxygens (including phenoxy) is 2. The van der Waals surface area contributed by atoms with E-state index < -0.39 is 28.4 Å². The summed E-state index contributed by atoms with van der Waals surface area (Å²) < 4.78 is 36.7. The minimum Gasteiger partial charge on any atom is -0.454 e. The van der Waals surface area contributed by atoms with E-state index in [1.807, 2.05) is 0 Å². The first-order chi connectivity index (χ1) is 13.8. The highest BCUT2D eigenvalue weighted by Crippen LogP contribution is 2.22. The van der Waals surface area contributed by atoms with Gasteiger partial charge in [-0.25, -0.2) is 13.2 Å². The molecular formula is C19H17Cl2NO6S. The Labute approximate surface area is 178 Å². The van der Waals surface area contributed by atoms with Gasteiger partial charge in [0, 0.05) is 23.7 Å². The zero-order valence-electron chi connectivity index (χ0n) is 15.1. The summed E-state index contributed by atoms with van der Waals surface area (Å²) in [6.45, 7) is 0.739. The van der Waals surface area contributed by atoms with Crippen molar-refractivity contribution >= 4 is 45.0 Å². The number of hydrogen-bond donors (Lipinski definition) is 0. The number of halogens is 2. The molecule has 0 saturated carbocycles. The average molecular weight is 458 g/mol. The molecule has 0 N–H and O–H groups in total. The number of hydrogen-bond acceptors (Lipinski definition) is 6. The first-order valence-corrected chi connectivity index (χ1v) is 10.8. The minimum atomic E-state index is -3.65. The van der Waals surface area contributed by atoms with Gasteiger partial charge in [0.1, 0.15) is 0 Å². The van der Waals surface area contributed by atoms with E-state index in [1.165, 1.54) is 46.8 Å². The Kier molecular flexibility index (Phi) is 6.92. The van der Waals surface area contributed by atoms with Crippen LogP contribution in [0.2, 0.25) is 10.0 Å². The van der Waals surface area contributed by atoms with E-state index in [1.54, 1.807) is 0 Å². The number of ketones is 1. The molecule has 0 aliphatic carbocycles. The van der Waals surface area contributed by atoms with E-state index in [4.69, 9.17) is 32.7 Å². The predicted octanol–water partition coefficient (Wildman–Crippen LogP) is 3.05. The number of Topliss-reactive ketones (excluding diaryl/α,β-unsaturated/α-hetero) is 1. The van der Waals surface area contributed by atoms with Gasteiger partial charge in [-0.1, -0.05) is 23.2 Å². The molecule has 1 heterocycles. The molecule has 0 spiro atoms. The van der Waals surface area contributed by atoms with Gasteiger partial charge in [-0.05, 0) is 42.5 Å². The predicted molar refractivity (Wildman–Crippen MR) is 107 cm³/mol. The highest BCUT2D eigenvalue weighted by atomic mass is 35.5. The Bertz CT molecular complexity index is 1020. The fraction of sp³-hybridized carbons (Fsp3) is 0.263. The number of morpholine rings is 1. The molecule has 154 valence electrons.